The molecule has 82 valence electrons. The molecule has 1 aliphatic rings. The van der Waals surface area contributed by atoms with Crippen molar-refractivity contribution in [1.29, 1.82) is 0 Å². The van der Waals surface area contributed by atoms with Gasteiger partial charge in [0.1, 0.15) is 5.15 Å². The molecule has 0 amide bonds. The SMILES string of the molecule is OCCN(c1ccnc(Cl)c1)C1CCC1. The van der Waals surface area contributed by atoms with E-state index in [4.69, 9.17) is 16.7 Å². The Hall–Kier alpha value is -0.800. The number of hydrogen-bond donors (Lipinski definition) is 1. The third-order valence-electron chi connectivity index (χ3n) is 2.90. The monoisotopic (exact) mass is 226 g/mol. The van der Waals surface area contributed by atoms with Crippen LogP contribution in [-0.2, 0) is 0 Å². The summed E-state index contributed by atoms with van der Waals surface area (Å²) in [5.41, 5.74) is 1.06. The number of aliphatic hydroxyl groups is 1. The van der Waals surface area contributed by atoms with E-state index in [1.165, 1.54) is 19.3 Å². The van der Waals surface area contributed by atoms with Gasteiger partial charge in [-0.25, -0.2) is 4.98 Å². The fraction of sp³-hybridized carbons (Fsp3) is 0.545. The fourth-order valence-corrected chi connectivity index (χ4v) is 2.07. The van der Waals surface area contributed by atoms with E-state index in [1.807, 2.05) is 12.1 Å². The van der Waals surface area contributed by atoms with E-state index in [0.717, 1.165) is 5.69 Å². The van der Waals surface area contributed by atoms with Gasteiger partial charge in [-0.1, -0.05) is 11.6 Å². The second-order valence-electron chi connectivity index (χ2n) is 3.84. The van der Waals surface area contributed by atoms with E-state index in [1.54, 1.807) is 6.20 Å². The minimum absolute atomic E-state index is 0.177. The molecule has 3 nitrogen and oxygen atoms in total. The number of pyridine rings is 1. The molecule has 1 aliphatic carbocycles. The Morgan fingerprint density at radius 2 is 2.33 bits per heavy atom. The van der Waals surface area contributed by atoms with Gasteiger partial charge < -0.3 is 10.0 Å². The first-order valence-corrected chi connectivity index (χ1v) is 5.68. The molecule has 1 aromatic rings. The molecular formula is C11H15ClN2O. The minimum Gasteiger partial charge on any atom is -0.395 e. The first-order valence-electron chi connectivity index (χ1n) is 5.30. The lowest BCUT2D eigenvalue weighted by Crippen LogP contribution is -2.41. The number of halogens is 1. The Bertz CT molecular complexity index is 328. The fourth-order valence-electron chi connectivity index (χ4n) is 1.90. The number of nitrogens with zero attached hydrogens (tertiary/aromatic N) is 2. The molecule has 2 rings (SSSR count). The summed E-state index contributed by atoms with van der Waals surface area (Å²) in [6.45, 7) is 0.849. The Kier molecular flexibility index (Phi) is 3.44. The van der Waals surface area contributed by atoms with Crippen molar-refractivity contribution in [1.82, 2.24) is 4.98 Å². The molecule has 0 aliphatic heterocycles. The van der Waals surface area contributed by atoms with Gasteiger partial charge in [0.15, 0.2) is 0 Å². The normalized spacial score (nSPS) is 16.1. The molecule has 0 atom stereocenters. The van der Waals surface area contributed by atoms with E-state index in [0.29, 0.717) is 17.7 Å². The maximum atomic E-state index is 9.05. The highest BCUT2D eigenvalue weighted by atomic mass is 35.5. The zero-order chi connectivity index (χ0) is 10.7. The largest absolute Gasteiger partial charge is 0.395 e. The molecule has 0 aromatic carbocycles. The maximum absolute atomic E-state index is 9.05. The summed E-state index contributed by atoms with van der Waals surface area (Å²) in [4.78, 5) is 6.18. The molecule has 1 heterocycles. The van der Waals surface area contributed by atoms with Crippen LogP contribution in [0.1, 0.15) is 19.3 Å². The summed E-state index contributed by atoms with van der Waals surface area (Å²) >= 11 is 5.85. The third kappa shape index (κ3) is 2.41. The lowest BCUT2D eigenvalue weighted by atomic mass is 9.91. The van der Waals surface area contributed by atoms with Crippen LogP contribution in [-0.4, -0.2) is 29.3 Å². The van der Waals surface area contributed by atoms with Crippen LogP contribution in [0.15, 0.2) is 18.3 Å². The van der Waals surface area contributed by atoms with E-state index >= 15 is 0 Å². The van der Waals surface area contributed by atoms with Crippen molar-refractivity contribution in [2.45, 2.75) is 25.3 Å². The van der Waals surface area contributed by atoms with Crippen molar-refractivity contribution in [2.75, 3.05) is 18.1 Å². The van der Waals surface area contributed by atoms with Crippen molar-refractivity contribution < 1.29 is 5.11 Å². The Morgan fingerprint density at radius 1 is 1.53 bits per heavy atom. The molecule has 1 saturated carbocycles. The van der Waals surface area contributed by atoms with Crippen LogP contribution < -0.4 is 4.90 Å². The van der Waals surface area contributed by atoms with Crippen LogP contribution in [0.2, 0.25) is 5.15 Å². The van der Waals surface area contributed by atoms with Gasteiger partial charge in [-0.3, -0.25) is 0 Å². The topological polar surface area (TPSA) is 36.4 Å². The average Bonchev–Trinajstić information content (AvgIpc) is 2.14. The van der Waals surface area contributed by atoms with E-state index in [2.05, 4.69) is 9.88 Å². The van der Waals surface area contributed by atoms with Crippen molar-refractivity contribution >= 4 is 17.3 Å². The number of rotatable bonds is 4. The summed E-state index contributed by atoms with van der Waals surface area (Å²) in [5, 5.41) is 9.55. The van der Waals surface area contributed by atoms with Gasteiger partial charge in [0.25, 0.3) is 0 Å². The summed E-state index contributed by atoms with van der Waals surface area (Å²) in [6.07, 6.45) is 5.41. The lowest BCUT2D eigenvalue weighted by Gasteiger charge is -2.38. The number of anilines is 1. The maximum Gasteiger partial charge on any atom is 0.131 e. The molecule has 1 fully saturated rings. The van der Waals surface area contributed by atoms with Gasteiger partial charge in [-0.2, -0.15) is 0 Å². The van der Waals surface area contributed by atoms with Crippen molar-refractivity contribution in [3.63, 3.8) is 0 Å². The molecular weight excluding hydrogens is 212 g/mol. The molecule has 4 heteroatoms. The van der Waals surface area contributed by atoms with Gasteiger partial charge in [0.2, 0.25) is 0 Å². The standard InChI is InChI=1S/C11H15ClN2O/c12-11-8-10(4-5-13-11)14(6-7-15)9-2-1-3-9/h4-5,8-9,15H,1-3,6-7H2. The number of aliphatic hydroxyl groups excluding tert-OH is 1. The Morgan fingerprint density at radius 3 is 2.87 bits per heavy atom. The first kappa shape index (κ1) is 10.7. The molecule has 0 radical (unpaired) electrons. The molecule has 0 unspecified atom stereocenters. The summed E-state index contributed by atoms with van der Waals surface area (Å²) in [5.74, 6) is 0. The summed E-state index contributed by atoms with van der Waals surface area (Å²) in [6, 6.07) is 4.37. The van der Waals surface area contributed by atoms with Gasteiger partial charge in [0, 0.05) is 24.5 Å². The van der Waals surface area contributed by atoms with Crippen molar-refractivity contribution in [3.05, 3.63) is 23.5 Å². The predicted octanol–water partition coefficient (Wildman–Crippen LogP) is 2.09. The van der Waals surface area contributed by atoms with Crippen molar-refractivity contribution in [3.8, 4) is 0 Å². The Balaban J connectivity index is 2.15. The summed E-state index contributed by atoms with van der Waals surface area (Å²) < 4.78 is 0. The predicted molar refractivity (Wildman–Crippen MR) is 61.3 cm³/mol. The molecule has 0 bridgehead atoms. The molecule has 0 saturated heterocycles. The van der Waals surface area contributed by atoms with Gasteiger partial charge in [-0.15, -0.1) is 0 Å². The molecule has 1 N–H and O–H groups in total. The van der Waals surface area contributed by atoms with Crippen LogP contribution in [0, 0.1) is 0 Å². The lowest BCUT2D eigenvalue weighted by molar-refractivity contribution is 0.283. The van der Waals surface area contributed by atoms with Crippen LogP contribution in [0.4, 0.5) is 5.69 Å². The number of aromatic nitrogens is 1. The van der Waals surface area contributed by atoms with Crippen LogP contribution in [0.25, 0.3) is 0 Å². The van der Waals surface area contributed by atoms with Gasteiger partial charge >= 0.3 is 0 Å². The Labute approximate surface area is 94.7 Å². The third-order valence-corrected chi connectivity index (χ3v) is 3.10. The van der Waals surface area contributed by atoms with Gasteiger partial charge in [-0.05, 0) is 31.4 Å². The highest BCUT2D eigenvalue weighted by molar-refractivity contribution is 6.29. The van der Waals surface area contributed by atoms with Crippen LogP contribution in [0.5, 0.6) is 0 Å². The summed E-state index contributed by atoms with van der Waals surface area (Å²) in [7, 11) is 0. The number of hydrogen-bond acceptors (Lipinski definition) is 3. The highest BCUT2D eigenvalue weighted by Gasteiger charge is 2.24. The van der Waals surface area contributed by atoms with Crippen LogP contribution >= 0.6 is 11.6 Å². The zero-order valence-electron chi connectivity index (χ0n) is 8.56. The second-order valence-corrected chi connectivity index (χ2v) is 4.23. The quantitative estimate of drug-likeness (QED) is 0.799. The molecule has 0 spiro atoms. The van der Waals surface area contributed by atoms with E-state index < -0.39 is 0 Å². The highest BCUT2D eigenvalue weighted by Crippen LogP contribution is 2.29. The molecule has 1 aromatic heterocycles. The van der Waals surface area contributed by atoms with Gasteiger partial charge in [0.05, 0.1) is 6.61 Å². The second kappa shape index (κ2) is 4.81. The zero-order valence-corrected chi connectivity index (χ0v) is 9.32. The van der Waals surface area contributed by atoms with E-state index in [-0.39, 0.29) is 6.61 Å². The average molecular weight is 227 g/mol. The van der Waals surface area contributed by atoms with Crippen LogP contribution in [0.3, 0.4) is 0 Å². The van der Waals surface area contributed by atoms with E-state index in [9.17, 15) is 0 Å². The first-order chi connectivity index (χ1) is 7.31. The minimum atomic E-state index is 0.177. The molecule has 15 heavy (non-hydrogen) atoms. The van der Waals surface area contributed by atoms with Crippen molar-refractivity contribution in [2.24, 2.45) is 0 Å². The smallest absolute Gasteiger partial charge is 0.131 e.